The molecule has 0 saturated heterocycles. The van der Waals surface area contributed by atoms with Gasteiger partial charge in [-0.25, -0.2) is 4.79 Å². The van der Waals surface area contributed by atoms with Crippen molar-refractivity contribution in [2.75, 3.05) is 7.11 Å². The number of carbonyl (C=O) groups is 1. The van der Waals surface area contributed by atoms with Crippen LogP contribution in [0.2, 0.25) is 0 Å². The van der Waals surface area contributed by atoms with Crippen LogP contribution in [0.5, 0.6) is 5.75 Å². The number of para-hydroxylation sites is 1. The van der Waals surface area contributed by atoms with E-state index in [9.17, 15) is 14.3 Å². The molecule has 88 valence electrons. The van der Waals surface area contributed by atoms with Gasteiger partial charge in [0.05, 0.1) is 7.11 Å². The monoisotopic (exact) mass is 243 g/mol. The Morgan fingerprint density at radius 2 is 1.81 bits per heavy atom. The summed E-state index contributed by atoms with van der Waals surface area (Å²) in [4.78, 5) is 22.3. The van der Waals surface area contributed by atoms with Crippen molar-refractivity contribution in [3.05, 3.63) is 29.3 Å². The first-order chi connectivity index (χ1) is 7.38. The first-order valence-electron chi connectivity index (χ1n) is 4.54. The van der Waals surface area contributed by atoms with Crippen LogP contribution < -0.4 is 9.42 Å². The minimum absolute atomic E-state index is 0.172. The molecule has 0 aliphatic carbocycles. The number of methoxy groups -OCH3 is 1. The van der Waals surface area contributed by atoms with Crippen molar-refractivity contribution in [2.24, 2.45) is 0 Å². The average Bonchev–Trinajstić information content (AvgIpc) is 2.22. The maximum absolute atomic E-state index is 11.4. The number of carbonyl (C=O) groups excluding carboxylic acids is 1. The lowest BCUT2D eigenvalue weighted by molar-refractivity contribution is -0.188. The van der Waals surface area contributed by atoms with E-state index in [1.807, 2.05) is 0 Å². The summed E-state index contributed by atoms with van der Waals surface area (Å²) in [6.45, 7) is 3.39. The quantitative estimate of drug-likeness (QED) is 0.759. The van der Waals surface area contributed by atoms with E-state index in [2.05, 4.69) is 4.74 Å². The molecule has 16 heavy (non-hydrogen) atoms. The third kappa shape index (κ3) is 2.62. The molecular weight excluding hydrogens is 231 g/mol. The molecule has 1 unspecified atom stereocenters. The molecule has 0 aliphatic heterocycles. The second kappa shape index (κ2) is 4.68. The first kappa shape index (κ1) is 12.7. The van der Waals surface area contributed by atoms with Gasteiger partial charge < -0.3 is 14.2 Å². The maximum atomic E-state index is 11.4. The lowest BCUT2D eigenvalue weighted by Crippen LogP contribution is -2.17. The van der Waals surface area contributed by atoms with E-state index in [1.54, 1.807) is 32.0 Å². The van der Waals surface area contributed by atoms with Gasteiger partial charge in [0.25, 0.3) is 7.60 Å². The Hall–Kier alpha value is -1.32. The van der Waals surface area contributed by atoms with Crippen molar-refractivity contribution >= 4 is 13.3 Å². The van der Waals surface area contributed by atoms with E-state index in [4.69, 9.17) is 4.52 Å². The smallest absolute Gasteiger partial charge is 0.389 e. The normalized spacial score (nSPS) is 14.0. The number of ether oxygens (including phenoxy) is 1. The molecule has 1 aromatic rings. The number of hydrogen-bond acceptors (Lipinski definition) is 5. The Bertz CT molecular complexity index is 434. The molecule has 5 nitrogen and oxygen atoms in total. The summed E-state index contributed by atoms with van der Waals surface area (Å²) in [5.41, 5.74) is -0.102. The molecule has 0 bridgehead atoms. The van der Waals surface area contributed by atoms with E-state index in [1.165, 1.54) is 0 Å². The van der Waals surface area contributed by atoms with Crippen molar-refractivity contribution in [2.45, 2.75) is 13.8 Å². The van der Waals surface area contributed by atoms with Crippen LogP contribution in [0.25, 0.3) is 0 Å². The van der Waals surface area contributed by atoms with Crippen molar-refractivity contribution in [1.82, 2.24) is 0 Å². The van der Waals surface area contributed by atoms with Crippen molar-refractivity contribution in [1.29, 1.82) is 0 Å². The minimum atomic E-state index is -4.67. The first-order valence-corrected chi connectivity index (χ1v) is 6.08. The van der Waals surface area contributed by atoms with Crippen LogP contribution in [0.1, 0.15) is 11.1 Å². The Kier molecular flexibility index (Phi) is 3.73. The highest BCUT2D eigenvalue weighted by molar-refractivity contribution is 7.69. The highest BCUT2D eigenvalue weighted by atomic mass is 31.2. The van der Waals surface area contributed by atoms with Crippen molar-refractivity contribution in [3.63, 3.8) is 0 Å². The fourth-order valence-corrected chi connectivity index (χ4v) is 2.04. The molecule has 0 aliphatic rings. The molecule has 0 saturated carbocycles. The van der Waals surface area contributed by atoms with Crippen LogP contribution in [-0.2, 0) is 9.30 Å². The maximum Gasteiger partial charge on any atom is 0.389 e. The summed E-state index contributed by atoms with van der Waals surface area (Å²) in [6.07, 6.45) is 0. The largest absolute Gasteiger partial charge is 0.761 e. The zero-order valence-corrected chi connectivity index (χ0v) is 10.1. The topological polar surface area (TPSA) is 75.7 Å². The molecule has 0 amide bonds. The number of rotatable bonds is 3. The van der Waals surface area contributed by atoms with Crippen LogP contribution in [-0.4, -0.2) is 12.8 Å². The summed E-state index contributed by atoms with van der Waals surface area (Å²) >= 11 is 0. The van der Waals surface area contributed by atoms with Crippen molar-refractivity contribution < 1.29 is 23.5 Å². The van der Waals surface area contributed by atoms with Gasteiger partial charge in [0.15, 0.2) is 0 Å². The van der Waals surface area contributed by atoms with Gasteiger partial charge in [-0.05, 0) is 25.0 Å². The van der Waals surface area contributed by atoms with Gasteiger partial charge in [-0.3, -0.25) is 4.57 Å². The zero-order valence-electron chi connectivity index (χ0n) is 9.22. The molecule has 1 atom stereocenters. The van der Waals surface area contributed by atoms with Gasteiger partial charge >= 0.3 is 5.71 Å². The zero-order chi connectivity index (χ0) is 12.3. The molecule has 1 rings (SSSR count). The molecule has 1 aromatic carbocycles. The van der Waals surface area contributed by atoms with Gasteiger partial charge in [-0.15, -0.1) is 0 Å². The van der Waals surface area contributed by atoms with Gasteiger partial charge in [0.2, 0.25) is 0 Å². The summed E-state index contributed by atoms with van der Waals surface area (Å²) in [5, 5.41) is 0. The second-order valence-corrected chi connectivity index (χ2v) is 4.82. The molecule has 0 spiro atoms. The molecule has 6 heteroatoms. The number of benzene rings is 1. The average molecular weight is 243 g/mol. The Morgan fingerprint density at radius 1 is 1.31 bits per heavy atom. The predicted octanol–water partition coefficient (Wildman–Crippen LogP) is 2.00. The van der Waals surface area contributed by atoms with Crippen LogP contribution in [0.3, 0.4) is 0 Å². The summed E-state index contributed by atoms with van der Waals surface area (Å²) in [7, 11) is -3.68. The molecule has 0 N–H and O–H groups in total. The minimum Gasteiger partial charge on any atom is -0.761 e. The van der Waals surface area contributed by atoms with Crippen molar-refractivity contribution in [3.8, 4) is 5.75 Å². The van der Waals surface area contributed by atoms with Gasteiger partial charge in [-0.1, -0.05) is 18.2 Å². The Balaban J connectivity index is 3.06. The van der Waals surface area contributed by atoms with Gasteiger partial charge in [0.1, 0.15) is 5.75 Å². The third-order valence-corrected chi connectivity index (χ3v) is 3.07. The summed E-state index contributed by atoms with van der Waals surface area (Å²) in [5.74, 6) is 0.172. The molecule has 0 radical (unpaired) electrons. The van der Waals surface area contributed by atoms with Crippen LogP contribution in [0, 0.1) is 13.8 Å². The van der Waals surface area contributed by atoms with E-state index >= 15 is 0 Å². The summed E-state index contributed by atoms with van der Waals surface area (Å²) < 4.78 is 20.2. The third-order valence-electron chi connectivity index (χ3n) is 2.02. The lowest BCUT2D eigenvalue weighted by Gasteiger charge is -2.22. The Labute approximate surface area is 93.5 Å². The van der Waals surface area contributed by atoms with E-state index in [-0.39, 0.29) is 5.75 Å². The summed E-state index contributed by atoms with van der Waals surface area (Å²) in [6, 6.07) is 5.16. The van der Waals surface area contributed by atoms with Crippen LogP contribution >= 0.6 is 7.60 Å². The molecular formula is C10H12O5P-. The highest BCUT2D eigenvalue weighted by Gasteiger charge is 2.23. The van der Waals surface area contributed by atoms with E-state index in [0.29, 0.717) is 11.1 Å². The van der Waals surface area contributed by atoms with E-state index in [0.717, 1.165) is 7.11 Å². The molecule has 0 aromatic heterocycles. The fourth-order valence-electron chi connectivity index (χ4n) is 1.21. The van der Waals surface area contributed by atoms with E-state index < -0.39 is 13.3 Å². The second-order valence-electron chi connectivity index (χ2n) is 3.28. The highest BCUT2D eigenvalue weighted by Crippen LogP contribution is 2.42. The van der Waals surface area contributed by atoms with Crippen LogP contribution in [0.15, 0.2) is 18.2 Å². The van der Waals surface area contributed by atoms with Gasteiger partial charge in [0, 0.05) is 0 Å². The number of hydrogen-bond donors (Lipinski definition) is 0. The lowest BCUT2D eigenvalue weighted by atomic mass is 10.1. The predicted molar refractivity (Wildman–Crippen MR) is 56.6 cm³/mol. The number of aryl methyl sites for hydroxylation is 2. The SMILES string of the molecule is COC(=O)P(=O)([O-])Oc1c(C)cccc1C. The molecule has 0 heterocycles. The fraction of sp³-hybridized carbons (Fsp3) is 0.300. The Morgan fingerprint density at radius 3 is 2.25 bits per heavy atom. The van der Waals surface area contributed by atoms with Gasteiger partial charge in [-0.2, -0.15) is 0 Å². The molecule has 0 fully saturated rings. The van der Waals surface area contributed by atoms with Crippen LogP contribution in [0.4, 0.5) is 4.79 Å². The standard InChI is InChI=1S/C10H13O5P/c1-7-5-4-6-8(2)9(7)15-16(12,13)10(11)14-3/h4-6H,1-3H3,(H,12,13)/p-1.